The fourth-order valence-corrected chi connectivity index (χ4v) is 4.05. The lowest BCUT2D eigenvalue weighted by atomic mass is 10.2. The first kappa shape index (κ1) is 26.9. The Morgan fingerprint density at radius 1 is 1.36 bits per heavy atom. The van der Waals surface area contributed by atoms with E-state index in [1.165, 1.54) is 18.9 Å². The first-order valence-electron chi connectivity index (χ1n) is 10.3. The smallest absolute Gasteiger partial charge is 0.274 e. The van der Waals surface area contributed by atoms with Gasteiger partial charge in [-0.15, -0.1) is 16.8 Å². The van der Waals surface area contributed by atoms with Gasteiger partial charge < -0.3 is 19.7 Å². The normalized spacial score (nSPS) is 10.8. The Morgan fingerprint density at radius 3 is 2.78 bits per heavy atom. The molecule has 1 heterocycles. The van der Waals surface area contributed by atoms with Gasteiger partial charge in [-0.05, 0) is 46.9 Å². The number of hydrogen-bond donors (Lipinski definition) is 3. The number of hydrogen-bond acceptors (Lipinski definition) is 10. The fourth-order valence-electron chi connectivity index (χ4n) is 2.93. The lowest BCUT2D eigenvalue weighted by Crippen LogP contribution is -2.20. The van der Waals surface area contributed by atoms with Crippen molar-refractivity contribution in [2.24, 2.45) is 5.10 Å². The zero-order chi connectivity index (χ0) is 26.1. The van der Waals surface area contributed by atoms with Crippen molar-refractivity contribution in [3.05, 3.63) is 74.1 Å². The van der Waals surface area contributed by atoms with Gasteiger partial charge in [0, 0.05) is 27.4 Å². The summed E-state index contributed by atoms with van der Waals surface area (Å²) in [4.78, 5) is 22.7. The molecule has 3 N–H and O–H groups in total. The highest BCUT2D eigenvalue weighted by Crippen LogP contribution is 2.33. The van der Waals surface area contributed by atoms with Crippen LogP contribution >= 0.6 is 34.4 Å². The lowest BCUT2D eigenvalue weighted by molar-refractivity contribution is -0.385. The number of rotatable bonds is 12. The van der Waals surface area contributed by atoms with Gasteiger partial charge in [-0.25, -0.2) is 5.43 Å². The number of anilines is 1. The quantitative estimate of drug-likeness (QED) is 0.0686. The van der Waals surface area contributed by atoms with Crippen LogP contribution in [0.2, 0.25) is 0 Å². The van der Waals surface area contributed by atoms with Crippen molar-refractivity contribution in [2.75, 3.05) is 18.2 Å². The Morgan fingerprint density at radius 2 is 2.11 bits per heavy atom. The third-order valence-electron chi connectivity index (χ3n) is 4.65. The van der Waals surface area contributed by atoms with Crippen LogP contribution in [0.4, 0.5) is 11.4 Å². The molecule has 0 bridgehead atoms. The van der Waals surface area contributed by atoms with Gasteiger partial charge in [0.1, 0.15) is 0 Å². The van der Waals surface area contributed by atoms with Crippen LogP contribution in [-0.2, 0) is 17.9 Å². The minimum absolute atomic E-state index is 0.0125. The molecule has 0 saturated carbocycles. The number of ether oxygens (including phenoxy) is 1. The summed E-state index contributed by atoms with van der Waals surface area (Å²) < 4.78 is 7.92. The van der Waals surface area contributed by atoms with Gasteiger partial charge in [0.15, 0.2) is 22.5 Å². The van der Waals surface area contributed by atoms with E-state index in [2.05, 4.69) is 55.2 Å². The molecule has 0 radical (unpaired) electrons. The van der Waals surface area contributed by atoms with Gasteiger partial charge in [-0.3, -0.25) is 14.9 Å². The molecule has 0 aliphatic carbocycles. The van der Waals surface area contributed by atoms with E-state index in [0.717, 1.165) is 27.6 Å². The van der Waals surface area contributed by atoms with E-state index in [-0.39, 0.29) is 28.5 Å². The number of carbonyl (C=O) groups is 1. The fraction of sp³-hybridized carbons (Fsp3) is 0.182. The Labute approximate surface area is 224 Å². The molecule has 0 atom stereocenters. The average Bonchev–Trinajstić information content (AvgIpc) is 3.24. The molecular weight excluding hydrogens is 601 g/mol. The van der Waals surface area contributed by atoms with Crippen LogP contribution in [0, 0.1) is 13.7 Å². The van der Waals surface area contributed by atoms with E-state index in [0.29, 0.717) is 24.1 Å². The predicted molar refractivity (Wildman–Crippen MR) is 144 cm³/mol. The number of aromatic hydroxyl groups is 1. The Hall–Kier alpha value is -3.66. The summed E-state index contributed by atoms with van der Waals surface area (Å²) in [5.74, 6) is -0.188. The molecule has 0 fully saturated rings. The number of methoxy groups -OCH3 is 1. The van der Waals surface area contributed by atoms with Gasteiger partial charge in [0.05, 0.1) is 36.6 Å². The molecule has 12 nitrogen and oxygen atoms in total. The number of hydrazone groups is 1. The molecule has 0 aliphatic rings. The molecule has 1 aromatic heterocycles. The molecule has 0 spiro atoms. The zero-order valence-corrected chi connectivity index (χ0v) is 22.0. The molecular formula is C22H22IN7O5S. The highest BCUT2D eigenvalue weighted by atomic mass is 127. The number of nitrogens with one attached hydrogen (secondary N) is 2. The maximum absolute atomic E-state index is 12.3. The number of phenols is 1. The van der Waals surface area contributed by atoms with Crippen molar-refractivity contribution in [3.8, 4) is 11.5 Å². The topological polar surface area (TPSA) is 157 Å². The highest BCUT2D eigenvalue weighted by Gasteiger charge is 2.16. The van der Waals surface area contributed by atoms with Crippen molar-refractivity contribution >= 4 is 57.8 Å². The van der Waals surface area contributed by atoms with Crippen LogP contribution in [-0.4, -0.2) is 49.8 Å². The van der Waals surface area contributed by atoms with Crippen molar-refractivity contribution < 1.29 is 19.6 Å². The van der Waals surface area contributed by atoms with Crippen molar-refractivity contribution in [1.29, 1.82) is 0 Å². The van der Waals surface area contributed by atoms with E-state index in [4.69, 9.17) is 4.74 Å². The molecule has 0 saturated heterocycles. The number of non-ortho nitro benzene ring substituents is 1. The standard InChI is InChI=1S/C22H22IN7O5S/c1-3-8-29-19(12-24-16-6-4-15(23)5-7-16)26-28-22(29)36-13-20(31)27-25-11-14-9-17(30(33)34)10-18(35-2)21(14)32/h3-7,9-11,24,32H,1,8,12-13H2,2H3,(H,27,31)/b25-11+. The number of nitrogens with zero attached hydrogens (tertiary/aromatic N) is 5. The van der Waals surface area contributed by atoms with Gasteiger partial charge in [-0.2, -0.15) is 5.10 Å². The first-order valence-corrected chi connectivity index (χ1v) is 12.4. The predicted octanol–water partition coefficient (Wildman–Crippen LogP) is 3.55. The van der Waals surface area contributed by atoms with Crippen molar-refractivity contribution in [1.82, 2.24) is 20.2 Å². The molecule has 1 amide bonds. The number of benzene rings is 2. The average molecular weight is 623 g/mol. The van der Waals surface area contributed by atoms with Gasteiger partial charge in [-0.1, -0.05) is 17.8 Å². The number of phenolic OH excluding ortho intramolecular Hbond substituents is 1. The van der Waals surface area contributed by atoms with Crippen molar-refractivity contribution in [3.63, 3.8) is 0 Å². The van der Waals surface area contributed by atoms with Crippen LogP contribution in [0.25, 0.3) is 0 Å². The summed E-state index contributed by atoms with van der Waals surface area (Å²) in [5.41, 5.74) is 3.00. The molecule has 3 aromatic rings. The molecule has 188 valence electrons. The highest BCUT2D eigenvalue weighted by molar-refractivity contribution is 14.1. The third-order valence-corrected chi connectivity index (χ3v) is 6.33. The van der Waals surface area contributed by atoms with Gasteiger partial charge >= 0.3 is 0 Å². The van der Waals surface area contributed by atoms with Gasteiger partial charge in [0.25, 0.3) is 11.6 Å². The van der Waals surface area contributed by atoms with Crippen LogP contribution in [0.1, 0.15) is 11.4 Å². The number of aromatic nitrogens is 3. The van der Waals surface area contributed by atoms with Crippen LogP contribution in [0.5, 0.6) is 11.5 Å². The van der Waals surface area contributed by atoms with E-state index >= 15 is 0 Å². The van der Waals surface area contributed by atoms with E-state index in [1.807, 2.05) is 28.8 Å². The zero-order valence-electron chi connectivity index (χ0n) is 19.0. The minimum atomic E-state index is -0.627. The van der Waals surface area contributed by atoms with E-state index < -0.39 is 10.8 Å². The van der Waals surface area contributed by atoms with E-state index in [1.54, 1.807) is 6.08 Å². The lowest BCUT2D eigenvalue weighted by Gasteiger charge is -2.09. The molecule has 0 unspecified atom stereocenters. The number of halogens is 1. The summed E-state index contributed by atoms with van der Waals surface area (Å²) in [6.07, 6.45) is 2.81. The Bertz CT molecular complexity index is 1280. The summed E-state index contributed by atoms with van der Waals surface area (Å²) >= 11 is 3.41. The number of nitro groups is 1. The number of carbonyl (C=O) groups excluding carboxylic acids is 1. The molecule has 2 aromatic carbocycles. The summed E-state index contributed by atoms with van der Waals surface area (Å²) in [7, 11) is 1.27. The second-order valence-corrected chi connectivity index (χ2v) is 9.27. The SMILES string of the molecule is C=CCn1c(CNc2ccc(I)cc2)nnc1SCC(=O)N/N=C/c1cc([N+](=O)[O-])cc(OC)c1O. The van der Waals surface area contributed by atoms with Crippen LogP contribution in [0.3, 0.4) is 0 Å². The monoisotopic (exact) mass is 623 g/mol. The second-order valence-electron chi connectivity index (χ2n) is 7.08. The first-order chi connectivity index (χ1) is 17.3. The summed E-state index contributed by atoms with van der Waals surface area (Å²) in [6, 6.07) is 10.1. The largest absolute Gasteiger partial charge is 0.504 e. The summed E-state index contributed by atoms with van der Waals surface area (Å²) in [5, 5.41) is 37.2. The van der Waals surface area contributed by atoms with Crippen LogP contribution in [0.15, 0.2) is 59.3 Å². The maximum atomic E-state index is 12.3. The van der Waals surface area contributed by atoms with Gasteiger partial charge in [0.2, 0.25) is 0 Å². The van der Waals surface area contributed by atoms with E-state index in [9.17, 15) is 20.0 Å². The molecule has 14 heteroatoms. The number of nitro benzene ring substituents is 1. The number of thioether (sulfide) groups is 1. The third kappa shape index (κ3) is 7.17. The molecule has 3 rings (SSSR count). The Balaban J connectivity index is 1.60. The molecule has 36 heavy (non-hydrogen) atoms. The van der Waals surface area contributed by atoms with Crippen molar-refractivity contribution in [2.45, 2.75) is 18.2 Å². The van der Waals surface area contributed by atoms with Crippen LogP contribution < -0.4 is 15.5 Å². The molecule has 0 aliphatic heterocycles. The minimum Gasteiger partial charge on any atom is -0.504 e. The Kier molecular flexibility index (Phi) is 9.63. The summed E-state index contributed by atoms with van der Waals surface area (Å²) in [6.45, 7) is 4.67. The number of amides is 1. The second kappa shape index (κ2) is 12.9. The number of allylic oxidation sites excluding steroid dienone is 1. The maximum Gasteiger partial charge on any atom is 0.274 e.